The maximum atomic E-state index is 13.4. The molecule has 2 bridgehead atoms. The van der Waals surface area contributed by atoms with Gasteiger partial charge >= 0.3 is 0 Å². The van der Waals surface area contributed by atoms with E-state index in [9.17, 15) is 9.90 Å². The average Bonchev–Trinajstić information content (AvgIpc) is 3.48. The van der Waals surface area contributed by atoms with Crippen molar-refractivity contribution in [2.24, 2.45) is 0 Å². The SMILES string of the molecule is CN[C@@H]1C[C@H]2O[C@@](C)([C@@H]1OC)n1c3ccccc3c3c4c(c5c6ccccc6n2c5c31)C(=O)NC4O. The number of nitrogens with one attached hydrogen (secondary N) is 2. The predicted molar refractivity (Wildman–Crippen MR) is 137 cm³/mol. The van der Waals surface area contributed by atoms with Crippen LogP contribution in [0, 0.1) is 0 Å². The number of ether oxygens (including phenoxy) is 2. The van der Waals surface area contributed by atoms with Crippen molar-refractivity contribution in [3.63, 3.8) is 0 Å². The van der Waals surface area contributed by atoms with Crippen LogP contribution in [0.3, 0.4) is 0 Å². The molecule has 3 N–H and O–H groups in total. The third-order valence-electron chi connectivity index (χ3n) is 8.65. The molecule has 5 aromatic rings. The first-order valence-electron chi connectivity index (χ1n) is 12.4. The summed E-state index contributed by atoms with van der Waals surface area (Å²) in [5.74, 6) is -0.249. The second kappa shape index (κ2) is 6.66. The summed E-state index contributed by atoms with van der Waals surface area (Å²) in [6.07, 6.45) is -0.941. The number of aliphatic hydroxyl groups is 1. The Hall–Kier alpha value is -3.43. The van der Waals surface area contributed by atoms with Gasteiger partial charge in [0.2, 0.25) is 0 Å². The molecule has 1 unspecified atom stereocenters. The highest BCUT2D eigenvalue weighted by molar-refractivity contribution is 6.31. The van der Waals surface area contributed by atoms with Crippen LogP contribution in [0.4, 0.5) is 0 Å². The van der Waals surface area contributed by atoms with Crippen molar-refractivity contribution in [3.05, 3.63) is 59.7 Å². The molecule has 8 nitrogen and oxygen atoms in total. The van der Waals surface area contributed by atoms with E-state index < -0.39 is 12.0 Å². The quantitative estimate of drug-likeness (QED) is 0.356. The average molecular weight is 483 g/mol. The lowest BCUT2D eigenvalue weighted by molar-refractivity contribution is -0.256. The molecule has 3 aliphatic rings. The van der Waals surface area contributed by atoms with Crippen LogP contribution in [0.5, 0.6) is 0 Å². The van der Waals surface area contributed by atoms with E-state index >= 15 is 0 Å². The van der Waals surface area contributed by atoms with Crippen LogP contribution in [0.1, 0.15) is 41.7 Å². The Bertz CT molecular complexity index is 1790. The fourth-order valence-corrected chi connectivity index (χ4v) is 7.38. The number of amides is 1. The third-order valence-corrected chi connectivity index (χ3v) is 8.65. The molecule has 0 spiro atoms. The second-order valence-electron chi connectivity index (χ2n) is 10.3. The minimum absolute atomic E-state index is 0.0289. The number of aromatic nitrogens is 2. The van der Waals surface area contributed by atoms with Crippen LogP contribution < -0.4 is 10.6 Å². The summed E-state index contributed by atoms with van der Waals surface area (Å²) in [4.78, 5) is 13.4. The summed E-state index contributed by atoms with van der Waals surface area (Å²) in [7, 11) is 3.70. The maximum Gasteiger partial charge on any atom is 0.254 e. The number of hydrogen-bond donors (Lipinski definition) is 3. The number of carbonyl (C=O) groups excluding carboxylic acids is 1. The van der Waals surface area contributed by atoms with Crippen LogP contribution in [0.2, 0.25) is 0 Å². The molecule has 5 atom stereocenters. The molecule has 8 heteroatoms. The van der Waals surface area contributed by atoms with Gasteiger partial charge < -0.3 is 34.3 Å². The van der Waals surface area contributed by atoms with Crippen molar-refractivity contribution in [1.82, 2.24) is 19.8 Å². The maximum absolute atomic E-state index is 13.4. The topological polar surface area (TPSA) is 89.7 Å². The standard InChI is InChI=1S/C28H26N4O4/c1-28-25(35-3)15(29-2)12-18(36-28)31-16-10-6-4-8-13(16)19-21-22(27(34)30-26(21)33)20-14-9-5-7-11-17(14)32(28)24(20)23(19)31/h4-11,15,18,25,27,29,34H,12H2,1-3H3,(H,30,33)/t15-,18-,25-,27?,28+/m1/s1. The van der Waals surface area contributed by atoms with Crippen molar-refractivity contribution < 1.29 is 19.4 Å². The Morgan fingerprint density at radius 1 is 1.08 bits per heavy atom. The van der Waals surface area contributed by atoms with E-state index in [-0.39, 0.29) is 24.3 Å². The van der Waals surface area contributed by atoms with E-state index in [2.05, 4.69) is 51.0 Å². The summed E-state index contributed by atoms with van der Waals surface area (Å²) in [5, 5.41) is 21.1. The van der Waals surface area contributed by atoms with Gasteiger partial charge in [-0.05, 0) is 26.1 Å². The van der Waals surface area contributed by atoms with Gasteiger partial charge in [0.15, 0.2) is 12.0 Å². The molecule has 36 heavy (non-hydrogen) atoms. The lowest BCUT2D eigenvalue weighted by Crippen LogP contribution is -2.59. The largest absolute Gasteiger partial charge is 0.375 e. The first-order valence-corrected chi connectivity index (χ1v) is 12.4. The van der Waals surface area contributed by atoms with Gasteiger partial charge in [0.1, 0.15) is 12.3 Å². The van der Waals surface area contributed by atoms with Crippen molar-refractivity contribution in [2.75, 3.05) is 14.2 Å². The van der Waals surface area contributed by atoms with Gasteiger partial charge in [-0.1, -0.05) is 36.4 Å². The molecule has 3 aliphatic heterocycles. The lowest BCUT2D eigenvalue weighted by atomic mass is 9.93. The van der Waals surface area contributed by atoms with E-state index in [1.807, 2.05) is 31.3 Å². The van der Waals surface area contributed by atoms with Crippen LogP contribution in [-0.4, -0.2) is 46.5 Å². The lowest BCUT2D eigenvalue weighted by Gasteiger charge is -2.48. The molecule has 0 aliphatic carbocycles. The highest BCUT2D eigenvalue weighted by atomic mass is 16.6. The number of rotatable bonds is 2. The smallest absolute Gasteiger partial charge is 0.254 e. The van der Waals surface area contributed by atoms with Crippen molar-refractivity contribution in [3.8, 4) is 0 Å². The van der Waals surface area contributed by atoms with E-state index in [0.717, 1.165) is 43.6 Å². The molecular weight excluding hydrogens is 456 g/mol. The Morgan fingerprint density at radius 2 is 1.78 bits per heavy atom. The number of carbonyl (C=O) groups is 1. The van der Waals surface area contributed by atoms with Crippen LogP contribution in [0.25, 0.3) is 43.6 Å². The first kappa shape index (κ1) is 20.7. The molecule has 1 amide bonds. The van der Waals surface area contributed by atoms with Gasteiger partial charge in [-0.15, -0.1) is 0 Å². The van der Waals surface area contributed by atoms with E-state index in [1.54, 1.807) is 7.11 Å². The van der Waals surface area contributed by atoms with Crippen LogP contribution >= 0.6 is 0 Å². The van der Waals surface area contributed by atoms with Crippen LogP contribution in [-0.2, 0) is 15.2 Å². The number of aliphatic hydroxyl groups excluding tert-OH is 1. The molecule has 5 heterocycles. The van der Waals surface area contributed by atoms with Crippen molar-refractivity contribution in [2.45, 2.75) is 43.7 Å². The van der Waals surface area contributed by atoms with E-state index in [1.165, 1.54) is 0 Å². The Morgan fingerprint density at radius 3 is 2.50 bits per heavy atom. The summed E-state index contributed by atoms with van der Waals surface area (Å²) in [6.45, 7) is 2.09. The number of para-hydroxylation sites is 2. The van der Waals surface area contributed by atoms with Crippen LogP contribution in [0.15, 0.2) is 48.5 Å². The van der Waals surface area contributed by atoms with E-state index in [0.29, 0.717) is 17.5 Å². The third kappa shape index (κ3) is 2.15. The summed E-state index contributed by atoms with van der Waals surface area (Å²) < 4.78 is 17.7. The zero-order valence-corrected chi connectivity index (χ0v) is 20.2. The predicted octanol–water partition coefficient (Wildman–Crippen LogP) is 3.84. The molecule has 2 aromatic heterocycles. The molecule has 3 aromatic carbocycles. The Balaban J connectivity index is 1.73. The number of methoxy groups -OCH3 is 1. The first-order chi connectivity index (χ1) is 17.5. The summed E-state index contributed by atoms with van der Waals surface area (Å²) in [5.41, 5.74) is 4.25. The van der Waals surface area contributed by atoms with Gasteiger partial charge in [0.05, 0.1) is 27.6 Å². The fraction of sp³-hybridized carbons (Fsp3) is 0.321. The molecule has 1 saturated heterocycles. The van der Waals surface area contributed by atoms with Gasteiger partial charge in [0, 0.05) is 46.7 Å². The molecule has 0 saturated carbocycles. The van der Waals surface area contributed by atoms with Gasteiger partial charge in [-0.2, -0.15) is 0 Å². The minimum atomic E-state index is -1.09. The molecule has 8 rings (SSSR count). The molecular formula is C28H26N4O4. The monoisotopic (exact) mass is 482 g/mol. The highest BCUT2D eigenvalue weighted by Gasteiger charge is 2.53. The normalized spacial score (nSPS) is 28.9. The van der Waals surface area contributed by atoms with Gasteiger partial charge in [-0.25, -0.2) is 0 Å². The van der Waals surface area contributed by atoms with Crippen molar-refractivity contribution >= 4 is 49.5 Å². The summed E-state index contributed by atoms with van der Waals surface area (Å²) in [6, 6.07) is 16.4. The van der Waals surface area contributed by atoms with Crippen molar-refractivity contribution in [1.29, 1.82) is 0 Å². The number of likely N-dealkylation sites (N-methyl/N-ethyl adjacent to an activating group) is 1. The minimum Gasteiger partial charge on any atom is -0.375 e. The van der Waals surface area contributed by atoms with Gasteiger partial charge in [0.25, 0.3) is 5.91 Å². The number of benzene rings is 3. The number of fused-ring (bicyclic) bond motifs is 13. The molecule has 1 fully saturated rings. The molecule has 182 valence electrons. The molecule has 0 radical (unpaired) electrons. The zero-order valence-electron chi connectivity index (χ0n) is 20.2. The fourth-order valence-electron chi connectivity index (χ4n) is 7.38. The number of nitrogens with zero attached hydrogens (tertiary/aromatic N) is 2. The Kier molecular flexibility index (Phi) is 3.83. The summed E-state index contributed by atoms with van der Waals surface area (Å²) >= 11 is 0. The zero-order chi connectivity index (χ0) is 24.5. The Labute approximate surface area is 206 Å². The van der Waals surface area contributed by atoms with E-state index in [4.69, 9.17) is 9.47 Å². The highest BCUT2D eigenvalue weighted by Crippen LogP contribution is 2.54. The second-order valence-corrected chi connectivity index (χ2v) is 10.3. The number of hydrogen-bond acceptors (Lipinski definition) is 5. The van der Waals surface area contributed by atoms with Gasteiger partial charge in [-0.3, -0.25) is 4.79 Å².